The lowest BCUT2D eigenvalue weighted by atomic mass is 10.1. The highest BCUT2D eigenvalue weighted by Gasteiger charge is 2.23. The molecule has 0 aliphatic heterocycles. The van der Waals surface area contributed by atoms with E-state index in [4.69, 9.17) is 14.2 Å². The molecular weight excluding hydrogens is 384 g/mol. The van der Waals surface area contributed by atoms with E-state index in [2.05, 4.69) is 10.6 Å². The third-order valence-corrected chi connectivity index (χ3v) is 4.70. The van der Waals surface area contributed by atoms with E-state index >= 15 is 0 Å². The number of benzene rings is 2. The Hall–Kier alpha value is -3.48. The summed E-state index contributed by atoms with van der Waals surface area (Å²) in [6, 6.07) is 11.0. The Balaban J connectivity index is 1.56. The van der Waals surface area contributed by atoms with Crippen molar-refractivity contribution in [3.8, 4) is 17.2 Å². The molecule has 0 saturated heterocycles. The van der Waals surface area contributed by atoms with Crippen LogP contribution in [0.1, 0.15) is 34.3 Å². The van der Waals surface area contributed by atoms with E-state index in [9.17, 15) is 9.59 Å². The van der Waals surface area contributed by atoms with Crippen molar-refractivity contribution in [3.63, 3.8) is 0 Å². The minimum Gasteiger partial charge on any atom is -0.493 e. The molecule has 2 aromatic rings. The second-order valence-corrected chi connectivity index (χ2v) is 6.95. The fraction of sp³-hybridized carbons (Fsp3) is 0.304. The summed E-state index contributed by atoms with van der Waals surface area (Å²) in [4.78, 5) is 24.2. The molecule has 0 radical (unpaired) electrons. The van der Waals surface area contributed by atoms with Crippen LogP contribution < -0.4 is 24.8 Å². The van der Waals surface area contributed by atoms with Gasteiger partial charge in [-0.05, 0) is 54.3 Å². The van der Waals surface area contributed by atoms with Gasteiger partial charge in [0.1, 0.15) is 0 Å². The molecule has 30 heavy (non-hydrogen) atoms. The number of nitrogens with one attached hydrogen (secondary N) is 2. The predicted octanol–water partition coefficient (Wildman–Crippen LogP) is 2.93. The van der Waals surface area contributed by atoms with Gasteiger partial charge in [0, 0.05) is 24.2 Å². The summed E-state index contributed by atoms with van der Waals surface area (Å²) in [5, 5.41) is 5.77. The second-order valence-electron chi connectivity index (χ2n) is 6.95. The predicted molar refractivity (Wildman–Crippen MR) is 114 cm³/mol. The molecule has 7 nitrogen and oxygen atoms in total. The van der Waals surface area contributed by atoms with Crippen LogP contribution in [0.4, 0.5) is 0 Å². The van der Waals surface area contributed by atoms with Gasteiger partial charge in [0.2, 0.25) is 11.7 Å². The van der Waals surface area contributed by atoms with Crippen LogP contribution in [0.2, 0.25) is 0 Å². The van der Waals surface area contributed by atoms with Gasteiger partial charge in [-0.3, -0.25) is 9.59 Å². The summed E-state index contributed by atoms with van der Waals surface area (Å²) in [6.07, 6.45) is 5.26. The molecule has 1 aliphatic rings. The highest BCUT2D eigenvalue weighted by atomic mass is 16.5. The highest BCUT2D eigenvalue weighted by molar-refractivity contribution is 5.95. The van der Waals surface area contributed by atoms with Gasteiger partial charge in [-0.2, -0.15) is 0 Å². The van der Waals surface area contributed by atoms with Gasteiger partial charge in [0.05, 0.1) is 21.3 Å². The molecule has 2 amide bonds. The van der Waals surface area contributed by atoms with Crippen molar-refractivity contribution < 1.29 is 23.8 Å². The molecule has 0 atom stereocenters. The smallest absolute Gasteiger partial charge is 0.251 e. The Kier molecular flexibility index (Phi) is 6.95. The average Bonchev–Trinajstić information content (AvgIpc) is 3.59. The number of methoxy groups -OCH3 is 3. The van der Waals surface area contributed by atoms with Crippen LogP contribution in [0, 0.1) is 0 Å². The molecule has 158 valence electrons. The molecule has 1 saturated carbocycles. The molecular formula is C23H26N2O5. The molecule has 2 N–H and O–H groups in total. The monoisotopic (exact) mass is 410 g/mol. The zero-order valence-corrected chi connectivity index (χ0v) is 17.4. The van der Waals surface area contributed by atoms with Gasteiger partial charge in [-0.25, -0.2) is 0 Å². The van der Waals surface area contributed by atoms with Crippen LogP contribution in [0.3, 0.4) is 0 Å². The van der Waals surface area contributed by atoms with Crippen LogP contribution in [-0.2, 0) is 11.3 Å². The van der Waals surface area contributed by atoms with E-state index in [1.54, 1.807) is 51.7 Å². The maximum atomic E-state index is 12.2. The van der Waals surface area contributed by atoms with Gasteiger partial charge >= 0.3 is 0 Å². The van der Waals surface area contributed by atoms with Crippen molar-refractivity contribution in [1.29, 1.82) is 0 Å². The molecule has 1 aliphatic carbocycles. The molecule has 0 heterocycles. The van der Waals surface area contributed by atoms with Crippen LogP contribution in [-0.4, -0.2) is 39.2 Å². The normalized spacial score (nSPS) is 13.0. The lowest BCUT2D eigenvalue weighted by Gasteiger charge is -2.14. The molecule has 1 fully saturated rings. The van der Waals surface area contributed by atoms with Crippen LogP contribution in [0.5, 0.6) is 17.2 Å². The summed E-state index contributed by atoms with van der Waals surface area (Å²) in [7, 11) is 4.63. The molecule has 0 bridgehead atoms. The average molecular weight is 410 g/mol. The number of amides is 2. The quantitative estimate of drug-likeness (QED) is 0.621. The van der Waals surface area contributed by atoms with Gasteiger partial charge < -0.3 is 24.8 Å². The topological polar surface area (TPSA) is 85.9 Å². The summed E-state index contributed by atoms with van der Waals surface area (Å²) >= 11 is 0. The highest BCUT2D eigenvalue weighted by Crippen LogP contribution is 2.38. The molecule has 0 unspecified atom stereocenters. The molecule has 7 heteroatoms. The largest absolute Gasteiger partial charge is 0.493 e. The first-order valence-corrected chi connectivity index (χ1v) is 9.69. The van der Waals surface area contributed by atoms with Crippen molar-refractivity contribution >= 4 is 17.9 Å². The van der Waals surface area contributed by atoms with Crippen LogP contribution >= 0.6 is 0 Å². The number of carbonyl (C=O) groups is 2. The first-order chi connectivity index (χ1) is 14.5. The van der Waals surface area contributed by atoms with Crippen molar-refractivity contribution in [1.82, 2.24) is 10.6 Å². The minimum absolute atomic E-state index is 0.0591. The fourth-order valence-corrected chi connectivity index (χ4v) is 2.90. The second kappa shape index (κ2) is 9.82. The molecule has 3 rings (SSSR count). The van der Waals surface area contributed by atoms with Crippen molar-refractivity contribution in [2.75, 3.05) is 21.3 Å². The number of hydrogen-bond donors (Lipinski definition) is 2. The van der Waals surface area contributed by atoms with Crippen molar-refractivity contribution in [2.45, 2.75) is 25.4 Å². The first-order valence-electron chi connectivity index (χ1n) is 9.69. The van der Waals surface area contributed by atoms with E-state index in [1.807, 2.05) is 12.1 Å². The van der Waals surface area contributed by atoms with Gasteiger partial charge in [0.15, 0.2) is 11.5 Å². The summed E-state index contributed by atoms with van der Waals surface area (Å²) < 4.78 is 15.9. The zero-order valence-electron chi connectivity index (χ0n) is 17.4. The standard InChI is InChI=1S/C23H26N2O5/c1-28-19-12-16(13-20(29-2)22(19)30-3)14-24-21(26)11-6-15-4-7-17(8-5-15)23(27)25-18-9-10-18/h4-8,11-13,18H,9-10,14H2,1-3H3,(H,24,26)(H,25,27)/b11-6+. The van der Waals surface area contributed by atoms with Gasteiger partial charge in [-0.1, -0.05) is 12.1 Å². The maximum Gasteiger partial charge on any atom is 0.251 e. The number of rotatable bonds is 9. The van der Waals surface area contributed by atoms with E-state index in [1.165, 1.54) is 6.08 Å². The number of carbonyl (C=O) groups excluding carboxylic acids is 2. The lowest BCUT2D eigenvalue weighted by Crippen LogP contribution is -2.25. The lowest BCUT2D eigenvalue weighted by molar-refractivity contribution is -0.116. The maximum absolute atomic E-state index is 12.2. The van der Waals surface area contributed by atoms with E-state index in [0.717, 1.165) is 24.0 Å². The molecule has 0 aromatic heterocycles. The Morgan fingerprint density at radius 1 is 1.00 bits per heavy atom. The third kappa shape index (κ3) is 5.53. The van der Waals surface area contributed by atoms with Crippen LogP contribution in [0.25, 0.3) is 6.08 Å². The van der Waals surface area contributed by atoms with E-state index in [-0.39, 0.29) is 11.8 Å². The minimum atomic E-state index is -0.237. The Bertz CT molecular complexity index is 908. The Morgan fingerprint density at radius 2 is 1.63 bits per heavy atom. The Morgan fingerprint density at radius 3 is 2.17 bits per heavy atom. The van der Waals surface area contributed by atoms with E-state index in [0.29, 0.717) is 35.4 Å². The Labute approximate surface area is 176 Å². The zero-order chi connectivity index (χ0) is 21.5. The summed E-state index contributed by atoms with van der Waals surface area (Å²) in [5.41, 5.74) is 2.27. The van der Waals surface area contributed by atoms with Crippen molar-refractivity contribution in [3.05, 3.63) is 59.2 Å². The van der Waals surface area contributed by atoms with Gasteiger partial charge in [0.25, 0.3) is 5.91 Å². The summed E-state index contributed by atoms with van der Waals surface area (Å²) in [5.74, 6) is 1.27. The summed E-state index contributed by atoms with van der Waals surface area (Å²) in [6.45, 7) is 0.306. The molecule has 0 spiro atoms. The third-order valence-electron chi connectivity index (χ3n) is 4.70. The van der Waals surface area contributed by atoms with E-state index < -0.39 is 0 Å². The number of hydrogen-bond acceptors (Lipinski definition) is 5. The number of ether oxygens (including phenoxy) is 3. The SMILES string of the molecule is COc1cc(CNC(=O)/C=C/c2ccc(C(=O)NC3CC3)cc2)cc(OC)c1OC. The van der Waals surface area contributed by atoms with Crippen molar-refractivity contribution in [2.24, 2.45) is 0 Å². The fourth-order valence-electron chi connectivity index (χ4n) is 2.90. The van der Waals surface area contributed by atoms with Gasteiger partial charge in [-0.15, -0.1) is 0 Å². The van der Waals surface area contributed by atoms with Crippen LogP contribution in [0.15, 0.2) is 42.5 Å². The first kappa shape index (κ1) is 21.2. The molecule has 2 aromatic carbocycles.